The fourth-order valence-corrected chi connectivity index (χ4v) is 2.67. The number of nitrogens with one attached hydrogen (secondary N) is 1. The first kappa shape index (κ1) is 20.1. The van der Waals surface area contributed by atoms with Gasteiger partial charge in [-0.2, -0.15) is 5.26 Å². The third-order valence-corrected chi connectivity index (χ3v) is 3.98. The normalized spacial score (nSPS) is 10.0. The first-order valence-corrected chi connectivity index (χ1v) is 8.68. The summed E-state index contributed by atoms with van der Waals surface area (Å²) in [5.41, 5.74) is 2.93. The Balaban J connectivity index is 2.00. The van der Waals surface area contributed by atoms with Crippen LogP contribution < -0.4 is 19.5 Å². The molecule has 0 aliphatic rings. The van der Waals surface area contributed by atoms with Crippen LogP contribution in [0, 0.1) is 25.2 Å². The van der Waals surface area contributed by atoms with Crippen LogP contribution in [0.5, 0.6) is 17.2 Å². The topological polar surface area (TPSA) is 80.6 Å². The van der Waals surface area contributed by atoms with Gasteiger partial charge >= 0.3 is 0 Å². The predicted molar refractivity (Wildman–Crippen MR) is 102 cm³/mol. The highest BCUT2D eigenvalue weighted by molar-refractivity contribution is 5.78. The average Bonchev–Trinajstić information content (AvgIpc) is 2.66. The van der Waals surface area contributed by atoms with Gasteiger partial charge in [-0.3, -0.25) is 4.79 Å². The van der Waals surface area contributed by atoms with E-state index in [2.05, 4.69) is 5.32 Å². The molecule has 2 rings (SSSR count). The molecule has 1 amide bonds. The van der Waals surface area contributed by atoms with Crippen molar-refractivity contribution in [2.75, 3.05) is 20.3 Å². The minimum Gasteiger partial charge on any atom is -0.493 e. The van der Waals surface area contributed by atoms with Gasteiger partial charge in [0.1, 0.15) is 25.4 Å². The number of methoxy groups -OCH3 is 1. The predicted octanol–water partition coefficient (Wildman–Crippen LogP) is 3.30. The number of nitrogens with zero attached hydrogens (tertiary/aromatic N) is 1. The Labute approximate surface area is 159 Å². The molecule has 27 heavy (non-hydrogen) atoms. The third-order valence-electron chi connectivity index (χ3n) is 3.98. The quantitative estimate of drug-likeness (QED) is 0.687. The number of hydrogen-bond acceptors (Lipinski definition) is 5. The molecule has 0 aliphatic carbocycles. The highest BCUT2D eigenvalue weighted by Gasteiger charge is 2.12. The van der Waals surface area contributed by atoms with Crippen molar-refractivity contribution in [1.82, 2.24) is 5.32 Å². The van der Waals surface area contributed by atoms with Crippen LogP contribution in [0.2, 0.25) is 0 Å². The van der Waals surface area contributed by atoms with Gasteiger partial charge in [0.25, 0.3) is 0 Å². The van der Waals surface area contributed by atoms with Gasteiger partial charge in [-0.1, -0.05) is 30.3 Å². The molecule has 0 radical (unpaired) electrons. The average molecular weight is 368 g/mol. The lowest BCUT2D eigenvalue weighted by molar-refractivity contribution is -0.120. The monoisotopic (exact) mass is 368 g/mol. The van der Waals surface area contributed by atoms with Crippen LogP contribution in [0.4, 0.5) is 0 Å². The molecule has 0 spiro atoms. The Morgan fingerprint density at radius 2 is 1.67 bits per heavy atom. The summed E-state index contributed by atoms with van der Waals surface area (Å²) < 4.78 is 17.1. The Morgan fingerprint density at radius 3 is 2.30 bits per heavy atom. The van der Waals surface area contributed by atoms with Crippen molar-refractivity contribution < 1.29 is 19.0 Å². The number of ether oxygens (including phenoxy) is 3. The lowest BCUT2D eigenvalue weighted by atomic mass is 10.1. The van der Waals surface area contributed by atoms with E-state index in [0.29, 0.717) is 24.7 Å². The van der Waals surface area contributed by atoms with Crippen molar-refractivity contribution in [3.05, 3.63) is 53.1 Å². The van der Waals surface area contributed by atoms with Gasteiger partial charge in [0.05, 0.1) is 13.2 Å². The van der Waals surface area contributed by atoms with E-state index in [4.69, 9.17) is 19.5 Å². The number of amides is 1. The van der Waals surface area contributed by atoms with E-state index in [-0.39, 0.29) is 18.9 Å². The molecule has 1 N–H and O–H groups in total. The number of nitriles is 1. The van der Waals surface area contributed by atoms with E-state index >= 15 is 0 Å². The van der Waals surface area contributed by atoms with Crippen molar-refractivity contribution in [3.8, 4) is 23.3 Å². The van der Waals surface area contributed by atoms with E-state index in [9.17, 15) is 4.79 Å². The molecule has 0 aromatic heterocycles. The van der Waals surface area contributed by atoms with Crippen LogP contribution in [0.15, 0.2) is 36.4 Å². The molecule has 0 saturated carbocycles. The van der Waals surface area contributed by atoms with E-state index in [1.54, 1.807) is 13.2 Å². The SMILES string of the molecule is COc1cccc(CNC(=O)CC#N)c1OCCOc1c(C)cccc1C. The van der Waals surface area contributed by atoms with Crippen molar-refractivity contribution in [2.45, 2.75) is 26.8 Å². The first-order valence-electron chi connectivity index (χ1n) is 8.68. The summed E-state index contributed by atoms with van der Waals surface area (Å²) >= 11 is 0. The fourth-order valence-electron chi connectivity index (χ4n) is 2.67. The lowest BCUT2D eigenvalue weighted by Gasteiger charge is -2.16. The van der Waals surface area contributed by atoms with Gasteiger partial charge in [-0.15, -0.1) is 0 Å². The van der Waals surface area contributed by atoms with Crippen LogP contribution in [-0.2, 0) is 11.3 Å². The number of hydrogen-bond donors (Lipinski definition) is 1. The number of rotatable bonds is 9. The summed E-state index contributed by atoms with van der Waals surface area (Å²) in [6.45, 7) is 4.97. The zero-order valence-electron chi connectivity index (χ0n) is 15.9. The summed E-state index contributed by atoms with van der Waals surface area (Å²) in [5.74, 6) is 1.67. The Bertz CT molecular complexity index is 807. The molecule has 6 nitrogen and oxygen atoms in total. The molecule has 0 atom stereocenters. The molecule has 0 heterocycles. The zero-order valence-corrected chi connectivity index (χ0v) is 15.9. The van der Waals surface area contributed by atoms with Crippen LogP contribution in [-0.4, -0.2) is 26.2 Å². The molecular formula is C21H24N2O4. The van der Waals surface area contributed by atoms with Crippen molar-refractivity contribution in [3.63, 3.8) is 0 Å². The van der Waals surface area contributed by atoms with E-state index in [1.807, 2.05) is 50.2 Å². The number of benzene rings is 2. The molecule has 6 heteroatoms. The molecule has 0 saturated heterocycles. The van der Waals surface area contributed by atoms with Gasteiger partial charge in [-0.25, -0.2) is 0 Å². The van der Waals surface area contributed by atoms with Crippen LogP contribution >= 0.6 is 0 Å². The summed E-state index contributed by atoms with van der Waals surface area (Å²) in [6, 6.07) is 13.3. The zero-order chi connectivity index (χ0) is 19.6. The Hall–Kier alpha value is -3.20. The van der Waals surface area contributed by atoms with Gasteiger partial charge in [0.2, 0.25) is 5.91 Å². The van der Waals surface area contributed by atoms with Crippen LogP contribution in [0.3, 0.4) is 0 Å². The highest BCUT2D eigenvalue weighted by Crippen LogP contribution is 2.31. The molecule has 0 unspecified atom stereocenters. The molecule has 0 aliphatic heterocycles. The third kappa shape index (κ3) is 5.65. The maximum absolute atomic E-state index is 11.5. The van der Waals surface area contributed by atoms with E-state index < -0.39 is 0 Å². The largest absolute Gasteiger partial charge is 0.493 e. The summed E-state index contributed by atoms with van der Waals surface area (Å²) in [6.07, 6.45) is -0.177. The number of aryl methyl sites for hydroxylation is 2. The molecular weight excluding hydrogens is 344 g/mol. The lowest BCUT2D eigenvalue weighted by Crippen LogP contribution is -2.22. The van der Waals surface area contributed by atoms with Gasteiger partial charge in [0.15, 0.2) is 11.5 Å². The molecule has 2 aromatic carbocycles. The van der Waals surface area contributed by atoms with Crippen molar-refractivity contribution in [2.24, 2.45) is 0 Å². The minimum atomic E-state index is -0.329. The van der Waals surface area contributed by atoms with Crippen LogP contribution in [0.1, 0.15) is 23.1 Å². The van der Waals surface area contributed by atoms with Crippen LogP contribution in [0.25, 0.3) is 0 Å². The minimum absolute atomic E-state index is 0.177. The molecule has 2 aromatic rings. The maximum Gasteiger partial charge on any atom is 0.234 e. The molecule has 0 fully saturated rings. The summed E-state index contributed by atoms with van der Waals surface area (Å²) in [7, 11) is 1.56. The number of carbonyl (C=O) groups is 1. The van der Waals surface area contributed by atoms with Gasteiger partial charge in [0, 0.05) is 12.1 Å². The fraction of sp³-hybridized carbons (Fsp3) is 0.333. The van der Waals surface area contributed by atoms with Gasteiger partial charge in [-0.05, 0) is 31.0 Å². The number of para-hydroxylation sites is 2. The summed E-state index contributed by atoms with van der Waals surface area (Å²) in [4.78, 5) is 11.5. The highest BCUT2D eigenvalue weighted by atomic mass is 16.5. The Morgan fingerprint density at radius 1 is 1.04 bits per heavy atom. The van der Waals surface area contributed by atoms with Crippen molar-refractivity contribution in [1.29, 1.82) is 5.26 Å². The number of carbonyl (C=O) groups excluding carboxylic acids is 1. The second-order valence-electron chi connectivity index (χ2n) is 5.98. The molecule has 0 bridgehead atoms. The first-order chi connectivity index (χ1) is 13.1. The standard InChI is InChI=1S/C21H24N2O4/c1-15-6-4-7-16(2)20(15)26-12-13-27-21-17(8-5-9-18(21)25-3)14-23-19(24)10-11-22/h4-9H,10,12-14H2,1-3H3,(H,23,24). The second kappa shape index (κ2) is 10.1. The second-order valence-corrected chi connectivity index (χ2v) is 5.98. The van der Waals surface area contributed by atoms with Crippen molar-refractivity contribution >= 4 is 5.91 Å². The van der Waals surface area contributed by atoms with Gasteiger partial charge < -0.3 is 19.5 Å². The summed E-state index contributed by atoms with van der Waals surface area (Å²) in [5, 5.41) is 11.3. The van der Waals surface area contributed by atoms with E-state index in [1.165, 1.54) is 0 Å². The smallest absolute Gasteiger partial charge is 0.234 e. The van der Waals surface area contributed by atoms with E-state index in [0.717, 1.165) is 22.4 Å². The molecule has 142 valence electrons. The maximum atomic E-state index is 11.5. The Kier molecular flexibility index (Phi) is 7.50.